The van der Waals surface area contributed by atoms with Crippen molar-refractivity contribution in [2.45, 2.75) is 19.4 Å². The van der Waals surface area contributed by atoms with E-state index in [1.165, 1.54) is 10.9 Å². The highest BCUT2D eigenvalue weighted by atomic mass is 16.5. The lowest BCUT2D eigenvalue weighted by Crippen LogP contribution is -2.40. The predicted octanol–water partition coefficient (Wildman–Crippen LogP) is 5.37. The van der Waals surface area contributed by atoms with Crippen molar-refractivity contribution in [2.24, 2.45) is 0 Å². The van der Waals surface area contributed by atoms with Crippen LogP contribution in [0.1, 0.15) is 40.1 Å². The van der Waals surface area contributed by atoms with Crippen LogP contribution in [0, 0.1) is 0 Å². The predicted molar refractivity (Wildman–Crippen MR) is 132 cm³/mol. The third-order valence-electron chi connectivity index (χ3n) is 6.41. The molecule has 2 heterocycles. The number of benzene rings is 3. The van der Waals surface area contributed by atoms with Crippen molar-refractivity contribution in [1.82, 2.24) is 9.88 Å². The molecule has 1 atom stereocenters. The van der Waals surface area contributed by atoms with Crippen molar-refractivity contribution >= 4 is 16.8 Å². The number of aromatic nitrogens is 1. The number of rotatable bonds is 6. The summed E-state index contributed by atoms with van der Waals surface area (Å²) in [5, 5.41) is 1.21. The first-order valence-corrected chi connectivity index (χ1v) is 11.5. The molecular weight excluding hydrogens is 428 g/mol. The summed E-state index contributed by atoms with van der Waals surface area (Å²) in [7, 11) is 3.16. The Bertz CT molecular complexity index is 1340. The van der Waals surface area contributed by atoms with Gasteiger partial charge in [-0.2, -0.15) is 0 Å². The largest absolute Gasteiger partial charge is 0.494 e. The quantitative estimate of drug-likeness (QED) is 0.424. The van der Waals surface area contributed by atoms with Gasteiger partial charge < -0.3 is 24.1 Å². The number of aromatic amines is 1. The smallest absolute Gasteiger partial charge is 0.254 e. The van der Waals surface area contributed by atoms with Crippen LogP contribution in [-0.2, 0) is 6.42 Å². The van der Waals surface area contributed by atoms with Crippen molar-refractivity contribution in [2.75, 3.05) is 27.4 Å². The van der Waals surface area contributed by atoms with Crippen molar-refractivity contribution in [3.05, 3.63) is 89.1 Å². The molecule has 34 heavy (non-hydrogen) atoms. The molecule has 0 fully saturated rings. The van der Waals surface area contributed by atoms with Crippen LogP contribution in [0.2, 0.25) is 0 Å². The minimum atomic E-state index is -0.267. The zero-order chi connectivity index (χ0) is 23.7. The molecule has 1 unspecified atom stereocenters. The van der Waals surface area contributed by atoms with Gasteiger partial charge >= 0.3 is 0 Å². The number of hydrogen-bond acceptors (Lipinski definition) is 4. The lowest BCUT2D eigenvalue weighted by atomic mass is 9.91. The summed E-state index contributed by atoms with van der Waals surface area (Å²) in [4.78, 5) is 19.4. The van der Waals surface area contributed by atoms with Crippen LogP contribution in [0.4, 0.5) is 0 Å². The van der Waals surface area contributed by atoms with E-state index in [0.717, 1.165) is 28.9 Å². The molecule has 1 aromatic heterocycles. The monoisotopic (exact) mass is 456 g/mol. The molecule has 3 aromatic carbocycles. The minimum absolute atomic E-state index is 0.0583. The van der Waals surface area contributed by atoms with Gasteiger partial charge in [-0.3, -0.25) is 4.79 Å². The first kappa shape index (κ1) is 21.9. The van der Waals surface area contributed by atoms with Crippen molar-refractivity contribution in [3.63, 3.8) is 0 Å². The molecule has 0 bridgehead atoms. The minimum Gasteiger partial charge on any atom is -0.494 e. The van der Waals surface area contributed by atoms with E-state index in [0.29, 0.717) is 30.2 Å². The normalized spacial score (nSPS) is 15.1. The Balaban J connectivity index is 1.63. The van der Waals surface area contributed by atoms with E-state index in [9.17, 15) is 4.79 Å². The van der Waals surface area contributed by atoms with Crippen LogP contribution in [0.25, 0.3) is 10.9 Å². The summed E-state index contributed by atoms with van der Waals surface area (Å²) in [6.45, 7) is 3.15. The van der Waals surface area contributed by atoms with Gasteiger partial charge in [-0.15, -0.1) is 0 Å². The summed E-state index contributed by atoms with van der Waals surface area (Å²) in [6, 6.07) is 21.4. The summed E-state index contributed by atoms with van der Waals surface area (Å²) in [5.74, 6) is 1.86. The van der Waals surface area contributed by atoms with Gasteiger partial charge in [0.2, 0.25) is 0 Å². The van der Waals surface area contributed by atoms with E-state index >= 15 is 0 Å². The number of nitrogens with one attached hydrogen (secondary N) is 1. The first-order valence-electron chi connectivity index (χ1n) is 11.5. The Morgan fingerprint density at radius 2 is 1.82 bits per heavy atom. The maximum absolute atomic E-state index is 13.9. The van der Waals surface area contributed by atoms with Gasteiger partial charge in [0.1, 0.15) is 5.75 Å². The lowest BCUT2D eigenvalue weighted by molar-refractivity contribution is 0.0691. The molecule has 1 amide bonds. The maximum Gasteiger partial charge on any atom is 0.254 e. The second-order valence-electron chi connectivity index (χ2n) is 8.29. The number of hydrogen-bond donors (Lipinski definition) is 1. The number of methoxy groups -OCH3 is 2. The molecule has 4 aromatic rings. The highest BCUT2D eigenvalue weighted by Crippen LogP contribution is 2.40. The maximum atomic E-state index is 13.9. The second-order valence-corrected chi connectivity index (χ2v) is 8.29. The zero-order valence-electron chi connectivity index (χ0n) is 19.6. The number of nitrogens with zero attached hydrogens (tertiary/aromatic N) is 1. The van der Waals surface area contributed by atoms with Gasteiger partial charge in [-0.25, -0.2) is 0 Å². The molecule has 1 aliphatic rings. The van der Waals surface area contributed by atoms with Crippen molar-refractivity contribution in [1.29, 1.82) is 0 Å². The Morgan fingerprint density at radius 1 is 1.00 bits per heavy atom. The molecule has 0 saturated carbocycles. The summed E-state index contributed by atoms with van der Waals surface area (Å²) < 4.78 is 16.6. The molecule has 5 rings (SSSR count). The van der Waals surface area contributed by atoms with Gasteiger partial charge in [0.15, 0.2) is 11.5 Å². The molecule has 174 valence electrons. The third kappa shape index (κ3) is 3.75. The number of amides is 1. The molecule has 1 aliphatic heterocycles. The van der Waals surface area contributed by atoms with E-state index in [2.05, 4.69) is 29.2 Å². The Morgan fingerprint density at radius 3 is 2.62 bits per heavy atom. The fourth-order valence-electron chi connectivity index (χ4n) is 4.88. The Kier molecular flexibility index (Phi) is 5.88. The molecule has 0 spiro atoms. The van der Waals surface area contributed by atoms with E-state index in [1.807, 2.05) is 36.1 Å². The highest BCUT2D eigenvalue weighted by Gasteiger charge is 2.35. The highest BCUT2D eigenvalue weighted by molar-refractivity contribution is 5.96. The molecule has 0 aliphatic carbocycles. The summed E-state index contributed by atoms with van der Waals surface area (Å²) in [5.41, 5.74) is 4.96. The van der Waals surface area contributed by atoms with Crippen LogP contribution >= 0.6 is 0 Å². The first-order chi connectivity index (χ1) is 16.6. The number of ether oxygens (including phenoxy) is 3. The van der Waals surface area contributed by atoms with E-state index < -0.39 is 0 Å². The average molecular weight is 457 g/mol. The average Bonchev–Trinajstić information content (AvgIpc) is 3.26. The summed E-state index contributed by atoms with van der Waals surface area (Å²) >= 11 is 0. The van der Waals surface area contributed by atoms with E-state index in [1.54, 1.807) is 32.4 Å². The van der Waals surface area contributed by atoms with Gasteiger partial charge in [-0.05, 0) is 60.9 Å². The van der Waals surface area contributed by atoms with Crippen LogP contribution in [0.15, 0.2) is 66.7 Å². The standard InChI is InChI=1S/C28H28N2O4/c1-4-34-20-9-7-8-18(16-20)27-26-22(21-10-5-6-11-23(21)29-26)14-15-30(27)28(31)19-12-13-24(32-2)25(17-19)33-3/h5-13,16-17,27,29H,4,14-15H2,1-3H3. The fraction of sp³-hybridized carbons (Fsp3) is 0.250. The van der Waals surface area contributed by atoms with Crippen LogP contribution in [-0.4, -0.2) is 43.2 Å². The molecular formula is C28H28N2O4. The molecule has 0 radical (unpaired) electrons. The van der Waals surface area contributed by atoms with Crippen LogP contribution < -0.4 is 14.2 Å². The SMILES string of the molecule is CCOc1cccc(C2c3[nH]c4ccccc4c3CCN2C(=O)c2ccc(OC)c(OC)c2)c1. The number of H-pyrrole nitrogens is 1. The van der Waals surface area contributed by atoms with E-state index in [-0.39, 0.29) is 11.9 Å². The van der Waals surface area contributed by atoms with Crippen molar-refractivity contribution in [3.8, 4) is 17.2 Å². The second kappa shape index (κ2) is 9.14. The Hall–Kier alpha value is -3.93. The van der Waals surface area contributed by atoms with Crippen LogP contribution in [0.5, 0.6) is 17.2 Å². The van der Waals surface area contributed by atoms with E-state index in [4.69, 9.17) is 14.2 Å². The molecule has 6 nitrogen and oxygen atoms in total. The number of fused-ring (bicyclic) bond motifs is 3. The Labute approximate surface area is 199 Å². The number of carbonyl (C=O) groups is 1. The number of para-hydroxylation sites is 1. The van der Waals surface area contributed by atoms with Crippen LogP contribution in [0.3, 0.4) is 0 Å². The molecule has 0 saturated heterocycles. The molecule has 1 N–H and O–H groups in total. The van der Waals surface area contributed by atoms with Crippen molar-refractivity contribution < 1.29 is 19.0 Å². The van der Waals surface area contributed by atoms with Gasteiger partial charge in [0.25, 0.3) is 5.91 Å². The summed E-state index contributed by atoms with van der Waals surface area (Å²) in [6.07, 6.45) is 0.778. The topological polar surface area (TPSA) is 63.8 Å². The van der Waals surface area contributed by atoms with Gasteiger partial charge in [-0.1, -0.05) is 30.3 Å². The van der Waals surface area contributed by atoms with Gasteiger partial charge in [0.05, 0.1) is 26.9 Å². The zero-order valence-corrected chi connectivity index (χ0v) is 19.6. The fourth-order valence-corrected chi connectivity index (χ4v) is 4.88. The number of carbonyl (C=O) groups excluding carboxylic acids is 1. The van der Waals surface area contributed by atoms with Gasteiger partial charge in [0, 0.05) is 28.7 Å². The third-order valence-corrected chi connectivity index (χ3v) is 6.41. The lowest BCUT2D eigenvalue weighted by Gasteiger charge is -2.36. The molecule has 6 heteroatoms.